The first kappa shape index (κ1) is 27.7. The molecule has 3 aromatic rings. The number of anilines is 2. The minimum absolute atomic E-state index is 0.684. The summed E-state index contributed by atoms with van der Waals surface area (Å²) < 4.78 is 6.76. The Morgan fingerprint density at radius 3 is 1.79 bits per heavy atom. The minimum atomic E-state index is -0.707. The van der Waals surface area contributed by atoms with Crippen LogP contribution in [0.25, 0.3) is 0 Å². The summed E-state index contributed by atoms with van der Waals surface area (Å²) in [6, 6.07) is 21.1. The third-order valence-corrected chi connectivity index (χ3v) is 7.93. The summed E-state index contributed by atoms with van der Waals surface area (Å²) >= 11 is 0. The Bertz CT molecular complexity index is 1190. The van der Waals surface area contributed by atoms with Crippen LogP contribution < -0.4 is 19.9 Å². The van der Waals surface area contributed by atoms with Crippen molar-refractivity contribution in [2.45, 2.75) is 33.2 Å². The topological polar surface area (TPSA) is 48.1 Å². The van der Waals surface area contributed by atoms with E-state index in [4.69, 9.17) is 4.74 Å². The highest BCUT2D eigenvalue weighted by molar-refractivity contribution is 5.81. The quantitative estimate of drug-likeness (QED) is 0.311. The molecular formula is C32H42N4O2. The Morgan fingerprint density at radius 1 is 0.789 bits per heavy atom. The van der Waals surface area contributed by atoms with E-state index in [-0.39, 0.29) is 0 Å². The molecule has 1 heterocycles. The van der Waals surface area contributed by atoms with Crippen LogP contribution in [0.1, 0.15) is 54.7 Å². The SMILES string of the molecule is CCN(CC)c1ccc2c(c1)Oc1cc(N(CC)CC)ccc1C2(c1ccccc1C=O)N(C)CCNC. The fourth-order valence-corrected chi connectivity index (χ4v) is 5.91. The predicted octanol–water partition coefficient (Wildman–Crippen LogP) is 5.74. The zero-order valence-electron chi connectivity index (χ0n) is 23.8. The van der Waals surface area contributed by atoms with Crippen LogP contribution in [0.5, 0.6) is 11.5 Å². The third-order valence-electron chi connectivity index (χ3n) is 7.93. The van der Waals surface area contributed by atoms with Gasteiger partial charge in [-0.05, 0) is 59.5 Å². The van der Waals surface area contributed by atoms with E-state index >= 15 is 0 Å². The highest BCUT2D eigenvalue weighted by atomic mass is 16.5. The summed E-state index contributed by atoms with van der Waals surface area (Å²) in [5, 5.41) is 3.31. The normalized spacial score (nSPS) is 13.4. The van der Waals surface area contributed by atoms with Crippen molar-refractivity contribution in [2.24, 2.45) is 0 Å². The van der Waals surface area contributed by atoms with Gasteiger partial charge in [0.2, 0.25) is 0 Å². The van der Waals surface area contributed by atoms with Gasteiger partial charge in [0, 0.05) is 79.5 Å². The number of hydrogen-bond donors (Lipinski definition) is 1. The van der Waals surface area contributed by atoms with Gasteiger partial charge in [-0.2, -0.15) is 0 Å². The molecule has 1 aliphatic heterocycles. The first-order valence-electron chi connectivity index (χ1n) is 13.9. The fourth-order valence-electron chi connectivity index (χ4n) is 5.91. The lowest BCUT2D eigenvalue weighted by Gasteiger charge is -2.47. The Morgan fingerprint density at radius 2 is 1.32 bits per heavy atom. The van der Waals surface area contributed by atoms with Crippen LogP contribution in [0.3, 0.4) is 0 Å². The van der Waals surface area contributed by atoms with E-state index in [1.165, 1.54) is 0 Å². The van der Waals surface area contributed by atoms with E-state index in [0.29, 0.717) is 5.56 Å². The van der Waals surface area contributed by atoms with Crippen molar-refractivity contribution in [1.29, 1.82) is 0 Å². The molecule has 0 fully saturated rings. The van der Waals surface area contributed by atoms with Crippen molar-refractivity contribution in [3.63, 3.8) is 0 Å². The maximum Gasteiger partial charge on any atom is 0.150 e. The Balaban J connectivity index is 2.08. The lowest BCUT2D eigenvalue weighted by atomic mass is 9.72. The molecule has 0 unspecified atom stereocenters. The maximum absolute atomic E-state index is 12.4. The van der Waals surface area contributed by atoms with Gasteiger partial charge in [0.15, 0.2) is 0 Å². The number of fused-ring (bicyclic) bond motifs is 2. The molecule has 202 valence electrons. The molecule has 0 amide bonds. The average Bonchev–Trinajstić information content (AvgIpc) is 2.95. The first-order valence-corrected chi connectivity index (χ1v) is 13.9. The van der Waals surface area contributed by atoms with Crippen molar-refractivity contribution in [2.75, 3.05) is 63.2 Å². The number of likely N-dealkylation sites (N-methyl/N-ethyl adjacent to an activating group) is 2. The number of aldehydes is 1. The molecule has 0 aliphatic carbocycles. The summed E-state index contributed by atoms with van der Waals surface area (Å²) in [4.78, 5) is 19.5. The van der Waals surface area contributed by atoms with Crippen LogP contribution in [-0.4, -0.2) is 64.5 Å². The first-order chi connectivity index (χ1) is 18.5. The predicted molar refractivity (Wildman–Crippen MR) is 158 cm³/mol. The van der Waals surface area contributed by atoms with Crippen LogP contribution in [0.2, 0.25) is 0 Å². The van der Waals surface area contributed by atoms with Crippen LogP contribution >= 0.6 is 0 Å². The molecule has 1 aliphatic rings. The Labute approximate surface area is 228 Å². The zero-order chi connectivity index (χ0) is 27.3. The number of benzene rings is 3. The molecule has 0 aromatic heterocycles. The third kappa shape index (κ3) is 4.67. The van der Waals surface area contributed by atoms with Crippen molar-refractivity contribution in [3.05, 3.63) is 82.9 Å². The van der Waals surface area contributed by atoms with E-state index in [2.05, 4.69) is 97.2 Å². The number of carbonyl (C=O) groups is 1. The summed E-state index contributed by atoms with van der Waals surface area (Å²) in [6.07, 6.45) is 0.979. The summed E-state index contributed by atoms with van der Waals surface area (Å²) in [7, 11) is 4.12. The molecule has 3 aromatic carbocycles. The molecule has 0 saturated heterocycles. The van der Waals surface area contributed by atoms with Crippen LogP contribution in [-0.2, 0) is 5.54 Å². The second-order valence-electron chi connectivity index (χ2n) is 9.75. The second kappa shape index (κ2) is 12.0. The monoisotopic (exact) mass is 514 g/mol. The molecule has 38 heavy (non-hydrogen) atoms. The fraction of sp³-hybridized carbons (Fsp3) is 0.406. The van der Waals surface area contributed by atoms with Gasteiger partial charge in [-0.1, -0.05) is 36.4 Å². The van der Waals surface area contributed by atoms with Gasteiger partial charge in [0.05, 0.1) is 0 Å². The largest absolute Gasteiger partial charge is 0.456 e. The van der Waals surface area contributed by atoms with Crippen LogP contribution in [0.4, 0.5) is 11.4 Å². The van der Waals surface area contributed by atoms with E-state index in [1.54, 1.807) is 0 Å². The molecule has 6 heteroatoms. The number of ether oxygens (including phenoxy) is 1. The molecule has 0 atom stereocenters. The molecule has 4 rings (SSSR count). The summed E-state index contributed by atoms with van der Waals surface area (Å²) in [5.41, 5.74) is 5.30. The lowest BCUT2D eigenvalue weighted by molar-refractivity contribution is 0.111. The van der Waals surface area contributed by atoms with Gasteiger partial charge < -0.3 is 19.9 Å². The molecule has 0 radical (unpaired) electrons. The van der Waals surface area contributed by atoms with Gasteiger partial charge in [-0.3, -0.25) is 9.69 Å². The van der Waals surface area contributed by atoms with Gasteiger partial charge in [-0.25, -0.2) is 0 Å². The Kier molecular flexibility index (Phi) is 8.75. The number of nitrogens with one attached hydrogen (secondary N) is 1. The molecule has 0 spiro atoms. The summed E-state index contributed by atoms with van der Waals surface area (Å²) in [6.45, 7) is 13.9. The van der Waals surface area contributed by atoms with Gasteiger partial charge in [0.25, 0.3) is 0 Å². The summed E-state index contributed by atoms with van der Waals surface area (Å²) in [5.74, 6) is 1.66. The molecule has 1 N–H and O–H groups in total. The highest BCUT2D eigenvalue weighted by Crippen LogP contribution is 2.55. The van der Waals surface area contributed by atoms with Crippen molar-refractivity contribution in [1.82, 2.24) is 10.2 Å². The number of rotatable bonds is 12. The maximum atomic E-state index is 12.4. The molecule has 0 bridgehead atoms. The number of carbonyl (C=O) groups excluding carboxylic acids is 1. The number of hydrogen-bond acceptors (Lipinski definition) is 6. The van der Waals surface area contributed by atoms with Gasteiger partial charge >= 0.3 is 0 Å². The van der Waals surface area contributed by atoms with Crippen LogP contribution in [0.15, 0.2) is 60.7 Å². The van der Waals surface area contributed by atoms with Crippen LogP contribution in [0, 0.1) is 0 Å². The average molecular weight is 515 g/mol. The van der Waals surface area contributed by atoms with Gasteiger partial charge in [0.1, 0.15) is 23.3 Å². The molecule has 0 saturated carbocycles. The van der Waals surface area contributed by atoms with E-state index in [0.717, 1.165) is 85.1 Å². The van der Waals surface area contributed by atoms with E-state index in [9.17, 15) is 4.79 Å². The second-order valence-corrected chi connectivity index (χ2v) is 9.75. The zero-order valence-corrected chi connectivity index (χ0v) is 23.8. The standard InChI is InChI=1S/C32H42N4O2/c1-7-35(8-2)25-15-17-28-30(21-25)38-31-22-26(36(9-3)10-4)16-18-29(31)32(28,34(6)20-19-33-5)27-14-12-11-13-24(27)23-37/h11-18,21-23,33H,7-10,19-20H2,1-6H3. The molecule has 6 nitrogen and oxygen atoms in total. The Hall–Kier alpha value is -3.35. The smallest absolute Gasteiger partial charge is 0.150 e. The van der Waals surface area contributed by atoms with E-state index in [1.807, 2.05) is 25.2 Å². The van der Waals surface area contributed by atoms with E-state index < -0.39 is 5.54 Å². The highest BCUT2D eigenvalue weighted by Gasteiger charge is 2.48. The van der Waals surface area contributed by atoms with Crippen molar-refractivity contribution < 1.29 is 9.53 Å². The number of nitrogens with zero attached hydrogens (tertiary/aromatic N) is 3. The van der Waals surface area contributed by atoms with Gasteiger partial charge in [-0.15, -0.1) is 0 Å². The lowest BCUT2D eigenvalue weighted by Crippen LogP contribution is -2.50. The van der Waals surface area contributed by atoms with Crippen molar-refractivity contribution in [3.8, 4) is 11.5 Å². The minimum Gasteiger partial charge on any atom is -0.456 e. The van der Waals surface area contributed by atoms with Crippen molar-refractivity contribution >= 4 is 17.7 Å². The molecular weight excluding hydrogens is 472 g/mol.